The van der Waals surface area contributed by atoms with Crippen molar-refractivity contribution in [1.82, 2.24) is 4.57 Å². The van der Waals surface area contributed by atoms with Crippen LogP contribution in [0.1, 0.15) is 45.2 Å². The van der Waals surface area contributed by atoms with Crippen molar-refractivity contribution in [3.63, 3.8) is 0 Å². The fraction of sp³-hybridized carbons (Fsp3) is 0.455. The summed E-state index contributed by atoms with van der Waals surface area (Å²) < 4.78 is 17.8. The smallest absolute Gasteiger partial charge is 0.231 e. The van der Waals surface area contributed by atoms with E-state index in [9.17, 15) is 4.79 Å². The Balaban J connectivity index is 0.00000441. The van der Waals surface area contributed by atoms with E-state index < -0.39 is 0 Å². The Kier molecular flexibility index (Phi) is 12.4. The van der Waals surface area contributed by atoms with Crippen LogP contribution in [-0.2, 0) is 26.1 Å². The number of rotatable bonds is 14. The molecule has 1 aliphatic heterocycles. The minimum Gasteiger partial charge on any atom is -0.382 e. The van der Waals surface area contributed by atoms with Gasteiger partial charge in [0.05, 0.1) is 33.0 Å². The van der Waals surface area contributed by atoms with Crippen LogP contribution in [0.15, 0.2) is 54.2 Å². The Morgan fingerprint density at radius 1 is 0.925 bits per heavy atom. The Morgan fingerprint density at radius 3 is 2.38 bits per heavy atom. The molecule has 0 unspecified atom stereocenters. The average Bonchev–Trinajstić information content (AvgIpc) is 3.34. The summed E-state index contributed by atoms with van der Waals surface area (Å²) in [5.41, 5.74) is 4.43. The zero-order valence-electron chi connectivity index (χ0n) is 23.2. The summed E-state index contributed by atoms with van der Waals surface area (Å²) >= 11 is 0. The molecule has 214 valence electrons. The fourth-order valence-corrected chi connectivity index (χ4v) is 4.95. The van der Waals surface area contributed by atoms with Gasteiger partial charge in [-0.3, -0.25) is 0 Å². The van der Waals surface area contributed by atoms with Crippen molar-refractivity contribution >= 4 is 28.3 Å². The largest absolute Gasteiger partial charge is 0.382 e. The second-order valence-electron chi connectivity index (χ2n) is 9.88. The van der Waals surface area contributed by atoms with Gasteiger partial charge in [-0.05, 0) is 78.4 Å². The number of ketones is 1. The molecule has 1 aliphatic rings. The molecule has 0 spiro atoms. The third-order valence-corrected chi connectivity index (χ3v) is 7.19. The molecule has 0 N–H and O–H groups in total. The molecule has 7 nitrogen and oxygen atoms in total. The highest BCUT2D eigenvalue weighted by atomic mass is 16.5. The van der Waals surface area contributed by atoms with Crippen LogP contribution in [0, 0.1) is 6.57 Å². The lowest BCUT2D eigenvalue weighted by Gasteiger charge is -2.29. The second kappa shape index (κ2) is 16.0. The van der Waals surface area contributed by atoms with E-state index in [1.807, 2.05) is 23.7 Å². The van der Waals surface area contributed by atoms with E-state index >= 15 is 0 Å². The van der Waals surface area contributed by atoms with Gasteiger partial charge >= 0.3 is 0 Å². The van der Waals surface area contributed by atoms with Gasteiger partial charge in [0, 0.05) is 57.3 Å². The maximum Gasteiger partial charge on any atom is 0.231 e. The predicted molar refractivity (Wildman–Crippen MR) is 163 cm³/mol. The van der Waals surface area contributed by atoms with Gasteiger partial charge in [0.25, 0.3) is 0 Å². The van der Waals surface area contributed by atoms with Crippen LogP contribution in [0.2, 0.25) is 0 Å². The molecule has 4 rings (SSSR count). The van der Waals surface area contributed by atoms with Crippen LogP contribution in [0.3, 0.4) is 0 Å². The van der Waals surface area contributed by atoms with E-state index in [-0.39, 0.29) is 25.3 Å². The predicted octanol–water partition coefficient (Wildman–Crippen LogP) is 6.76. The Morgan fingerprint density at radius 2 is 1.62 bits per heavy atom. The third-order valence-electron chi connectivity index (χ3n) is 7.19. The van der Waals surface area contributed by atoms with Crippen LogP contribution in [0.25, 0.3) is 33.0 Å². The molecule has 0 atom stereocenters. The van der Waals surface area contributed by atoms with Crippen molar-refractivity contribution in [3.8, 4) is 11.3 Å². The number of hydrogen-bond acceptors (Lipinski definition) is 5. The van der Waals surface area contributed by atoms with Crippen LogP contribution >= 0.6 is 0 Å². The minimum atomic E-state index is -0.164. The SMILES string of the molecule is C.[C-]#[N+]/C(=C\c1ccc(-c2ccc3cc(N4CCCCC4)ccc3c2)n1C)C(=O)CCCOCCOCCOC. The van der Waals surface area contributed by atoms with E-state index in [1.165, 1.54) is 35.7 Å². The number of piperidine rings is 1. The normalized spacial score (nSPS) is 13.7. The summed E-state index contributed by atoms with van der Waals surface area (Å²) in [6, 6.07) is 17.3. The van der Waals surface area contributed by atoms with Crippen molar-refractivity contribution in [3.05, 3.63) is 71.3 Å². The molecule has 0 aliphatic carbocycles. The standard InChI is InChI=1S/C32H39N3O4.CH4/c1-33-30(32(36)8-7-17-38-20-21-39-19-18-37-3)24-28-13-14-31(34(28)2)27-10-9-26-23-29(12-11-25(26)22-27)35-15-5-4-6-16-35;/h9-14,22-24H,4-8,15-21H2,2-3H3;1H4/b30-24-;. The monoisotopic (exact) mass is 545 g/mol. The average molecular weight is 546 g/mol. The van der Waals surface area contributed by atoms with E-state index in [2.05, 4.69) is 46.1 Å². The van der Waals surface area contributed by atoms with Crippen LogP contribution in [0.4, 0.5) is 5.69 Å². The maximum atomic E-state index is 12.7. The summed E-state index contributed by atoms with van der Waals surface area (Å²) in [5, 5.41) is 2.44. The molecule has 1 fully saturated rings. The second-order valence-corrected chi connectivity index (χ2v) is 9.88. The van der Waals surface area contributed by atoms with Crippen molar-refractivity contribution < 1.29 is 19.0 Å². The molecule has 0 amide bonds. The molecule has 0 radical (unpaired) electrons. The molecular weight excluding hydrogens is 502 g/mol. The molecule has 7 heteroatoms. The van der Waals surface area contributed by atoms with Gasteiger partial charge in [0.1, 0.15) is 0 Å². The first-order chi connectivity index (χ1) is 19.1. The molecule has 0 bridgehead atoms. The lowest BCUT2D eigenvalue weighted by atomic mass is 10.0. The zero-order valence-corrected chi connectivity index (χ0v) is 23.2. The quantitative estimate of drug-likeness (QED) is 0.127. The fourth-order valence-electron chi connectivity index (χ4n) is 4.95. The minimum absolute atomic E-state index is 0. The molecule has 1 saturated heterocycles. The van der Waals surface area contributed by atoms with Gasteiger partial charge < -0.3 is 28.5 Å². The van der Waals surface area contributed by atoms with Crippen LogP contribution in [0.5, 0.6) is 0 Å². The Hall–Kier alpha value is -3.44. The molecule has 1 aromatic heterocycles. The number of allylic oxidation sites excluding steroid dienone is 1. The van der Waals surface area contributed by atoms with Gasteiger partial charge in [-0.2, -0.15) is 0 Å². The number of fused-ring (bicyclic) bond motifs is 1. The van der Waals surface area contributed by atoms with Gasteiger partial charge in [0.15, 0.2) is 5.78 Å². The highest BCUT2D eigenvalue weighted by Gasteiger charge is 2.14. The van der Waals surface area contributed by atoms with E-state index in [0.717, 1.165) is 30.0 Å². The summed E-state index contributed by atoms with van der Waals surface area (Å²) in [5.74, 6) is -0.164. The van der Waals surface area contributed by atoms with E-state index in [1.54, 1.807) is 13.2 Å². The molecule has 3 aromatic rings. The lowest BCUT2D eigenvalue weighted by molar-refractivity contribution is -0.115. The highest BCUT2D eigenvalue weighted by molar-refractivity contribution is 6.01. The first-order valence-electron chi connectivity index (χ1n) is 13.8. The zero-order chi connectivity index (χ0) is 27.5. The van der Waals surface area contributed by atoms with Gasteiger partial charge in [-0.15, -0.1) is 0 Å². The van der Waals surface area contributed by atoms with E-state index in [4.69, 9.17) is 20.8 Å². The molecule has 2 heterocycles. The first kappa shape index (κ1) is 31.1. The molecular formula is C33H43N3O4. The number of ether oxygens (including phenoxy) is 3. The van der Waals surface area contributed by atoms with Crippen molar-refractivity contribution in [2.75, 3.05) is 58.1 Å². The van der Waals surface area contributed by atoms with E-state index in [0.29, 0.717) is 39.5 Å². The maximum absolute atomic E-state index is 12.7. The lowest BCUT2D eigenvalue weighted by Crippen LogP contribution is -2.29. The highest BCUT2D eigenvalue weighted by Crippen LogP contribution is 2.30. The van der Waals surface area contributed by atoms with Crippen LogP contribution in [-0.4, -0.2) is 63.6 Å². The molecule has 2 aromatic carbocycles. The van der Waals surface area contributed by atoms with Gasteiger partial charge in [0.2, 0.25) is 5.70 Å². The number of hydrogen-bond donors (Lipinski definition) is 0. The molecule has 0 saturated carbocycles. The Labute approximate surface area is 239 Å². The summed E-state index contributed by atoms with van der Waals surface area (Å²) in [6.07, 6.45) is 6.40. The molecule has 40 heavy (non-hydrogen) atoms. The number of anilines is 1. The first-order valence-corrected chi connectivity index (χ1v) is 13.8. The topological polar surface area (TPSA) is 57.3 Å². The number of carbonyl (C=O) groups is 1. The van der Waals surface area contributed by atoms with Crippen LogP contribution < -0.4 is 4.90 Å². The van der Waals surface area contributed by atoms with Gasteiger partial charge in [-0.25, -0.2) is 4.85 Å². The van der Waals surface area contributed by atoms with Crippen molar-refractivity contribution in [2.24, 2.45) is 7.05 Å². The number of methoxy groups -OCH3 is 1. The van der Waals surface area contributed by atoms with Gasteiger partial charge in [-0.1, -0.05) is 25.6 Å². The number of nitrogens with zero attached hydrogens (tertiary/aromatic N) is 3. The summed E-state index contributed by atoms with van der Waals surface area (Å²) in [4.78, 5) is 18.7. The number of benzene rings is 2. The number of aromatic nitrogens is 1. The Bertz CT molecular complexity index is 1310. The summed E-state index contributed by atoms with van der Waals surface area (Å²) in [6.45, 7) is 12.4. The number of carbonyl (C=O) groups excluding carboxylic acids is 1. The van der Waals surface area contributed by atoms with Crippen molar-refractivity contribution in [2.45, 2.75) is 39.5 Å². The third kappa shape index (κ3) is 8.28. The van der Waals surface area contributed by atoms with Crippen molar-refractivity contribution in [1.29, 1.82) is 0 Å². The summed E-state index contributed by atoms with van der Waals surface area (Å²) in [7, 11) is 3.61. The number of Topliss-reactive ketones (excluding diaryl/α,β-unsaturated/α-hetero) is 1.